The molecule has 0 saturated carbocycles. The smallest absolute Gasteiger partial charge is 0.132 e. The second-order valence-electron chi connectivity index (χ2n) is 4.56. The minimum absolute atomic E-state index is 0.176. The summed E-state index contributed by atoms with van der Waals surface area (Å²) in [4.78, 5) is 0. The first-order valence-electron chi connectivity index (χ1n) is 6.15. The van der Waals surface area contributed by atoms with Crippen molar-refractivity contribution in [2.24, 2.45) is 0 Å². The Labute approximate surface area is 107 Å². The number of rotatable bonds is 6. The van der Waals surface area contributed by atoms with Crippen molar-refractivity contribution >= 4 is 0 Å². The fourth-order valence-electron chi connectivity index (χ4n) is 1.87. The molecule has 2 atom stereocenters. The molecule has 0 fully saturated rings. The van der Waals surface area contributed by atoms with E-state index in [1.807, 2.05) is 26.0 Å². The number of aliphatic hydroxyl groups is 1. The van der Waals surface area contributed by atoms with Gasteiger partial charge in [-0.05, 0) is 44.5 Å². The lowest BCUT2D eigenvalue weighted by Gasteiger charge is -2.15. The lowest BCUT2D eigenvalue weighted by Crippen LogP contribution is -2.27. The molecule has 0 spiro atoms. The molecule has 2 aromatic rings. The average Bonchev–Trinajstić information content (AvgIpc) is 2.97. The summed E-state index contributed by atoms with van der Waals surface area (Å²) in [6.07, 6.45) is 1.61. The number of furan rings is 2. The summed E-state index contributed by atoms with van der Waals surface area (Å²) in [6.45, 7) is 4.62. The fourth-order valence-corrected chi connectivity index (χ4v) is 1.87. The van der Waals surface area contributed by atoms with Gasteiger partial charge in [-0.1, -0.05) is 0 Å². The van der Waals surface area contributed by atoms with Crippen molar-refractivity contribution in [2.45, 2.75) is 39.0 Å². The van der Waals surface area contributed by atoms with E-state index in [4.69, 9.17) is 8.83 Å². The van der Waals surface area contributed by atoms with Gasteiger partial charge in [0.05, 0.1) is 12.8 Å². The lowest BCUT2D eigenvalue weighted by atomic mass is 10.1. The van der Waals surface area contributed by atoms with Crippen molar-refractivity contribution < 1.29 is 13.9 Å². The van der Waals surface area contributed by atoms with Crippen molar-refractivity contribution in [1.29, 1.82) is 0 Å². The largest absolute Gasteiger partial charge is 0.467 e. The molecule has 2 unspecified atom stereocenters. The zero-order valence-electron chi connectivity index (χ0n) is 10.7. The Morgan fingerprint density at radius 1 is 1.33 bits per heavy atom. The normalized spacial score (nSPS) is 14.6. The van der Waals surface area contributed by atoms with Gasteiger partial charge in [-0.2, -0.15) is 0 Å². The van der Waals surface area contributed by atoms with Gasteiger partial charge in [0.1, 0.15) is 23.4 Å². The summed E-state index contributed by atoms with van der Waals surface area (Å²) in [6, 6.07) is 7.64. The Morgan fingerprint density at radius 3 is 2.78 bits per heavy atom. The second-order valence-corrected chi connectivity index (χ2v) is 4.56. The molecular weight excluding hydrogens is 230 g/mol. The van der Waals surface area contributed by atoms with Crippen LogP contribution in [0.2, 0.25) is 0 Å². The van der Waals surface area contributed by atoms with Crippen LogP contribution in [0.15, 0.2) is 39.4 Å². The standard InChI is InChI=1S/C14H19NO3/c1-10(8-13(16)14-4-3-7-17-14)15-9-12-6-5-11(2)18-12/h3-7,10,13,15-16H,8-9H2,1-2H3. The molecule has 18 heavy (non-hydrogen) atoms. The predicted octanol–water partition coefficient (Wildman–Crippen LogP) is 2.78. The van der Waals surface area contributed by atoms with E-state index in [1.54, 1.807) is 18.4 Å². The highest BCUT2D eigenvalue weighted by Crippen LogP contribution is 2.18. The molecule has 2 aromatic heterocycles. The van der Waals surface area contributed by atoms with Crippen molar-refractivity contribution in [3.8, 4) is 0 Å². The number of hydrogen-bond acceptors (Lipinski definition) is 4. The zero-order valence-corrected chi connectivity index (χ0v) is 10.7. The highest BCUT2D eigenvalue weighted by atomic mass is 16.4. The Kier molecular flexibility index (Phi) is 4.23. The molecule has 2 heterocycles. The molecule has 0 amide bonds. The van der Waals surface area contributed by atoms with E-state index in [2.05, 4.69) is 5.32 Å². The third-order valence-electron chi connectivity index (χ3n) is 2.87. The number of hydrogen-bond donors (Lipinski definition) is 2. The van der Waals surface area contributed by atoms with Crippen molar-refractivity contribution in [3.63, 3.8) is 0 Å². The second kappa shape index (κ2) is 5.89. The fraction of sp³-hybridized carbons (Fsp3) is 0.429. The van der Waals surface area contributed by atoms with Crippen LogP contribution in [0.25, 0.3) is 0 Å². The summed E-state index contributed by atoms with van der Waals surface area (Å²) < 4.78 is 10.6. The maximum atomic E-state index is 9.92. The van der Waals surface area contributed by atoms with E-state index in [0.29, 0.717) is 18.7 Å². The molecule has 0 aliphatic rings. The van der Waals surface area contributed by atoms with Crippen LogP contribution in [-0.2, 0) is 6.54 Å². The Morgan fingerprint density at radius 2 is 2.17 bits per heavy atom. The average molecular weight is 249 g/mol. The Bertz CT molecular complexity index is 461. The monoisotopic (exact) mass is 249 g/mol. The van der Waals surface area contributed by atoms with Crippen LogP contribution in [0.5, 0.6) is 0 Å². The molecule has 0 aromatic carbocycles. The van der Waals surface area contributed by atoms with Gasteiger partial charge in [0, 0.05) is 6.04 Å². The van der Waals surface area contributed by atoms with Crippen molar-refractivity contribution in [2.75, 3.05) is 0 Å². The van der Waals surface area contributed by atoms with Gasteiger partial charge in [0.2, 0.25) is 0 Å². The van der Waals surface area contributed by atoms with Crippen LogP contribution in [0.1, 0.15) is 36.7 Å². The molecule has 0 radical (unpaired) electrons. The minimum atomic E-state index is -0.569. The first kappa shape index (κ1) is 12.9. The highest BCUT2D eigenvalue weighted by molar-refractivity contribution is 5.05. The SMILES string of the molecule is Cc1ccc(CNC(C)CC(O)c2ccco2)o1. The molecule has 0 aliphatic heterocycles. The maximum absolute atomic E-state index is 9.92. The third-order valence-corrected chi connectivity index (χ3v) is 2.87. The van der Waals surface area contributed by atoms with E-state index in [-0.39, 0.29) is 6.04 Å². The van der Waals surface area contributed by atoms with E-state index in [0.717, 1.165) is 11.5 Å². The summed E-state index contributed by atoms with van der Waals surface area (Å²) in [5, 5.41) is 13.2. The first-order chi connectivity index (χ1) is 8.65. The first-order valence-corrected chi connectivity index (χ1v) is 6.15. The molecule has 2 N–H and O–H groups in total. The van der Waals surface area contributed by atoms with Gasteiger partial charge in [-0.15, -0.1) is 0 Å². The van der Waals surface area contributed by atoms with Crippen molar-refractivity contribution in [3.05, 3.63) is 47.8 Å². The predicted molar refractivity (Wildman–Crippen MR) is 68.0 cm³/mol. The number of aliphatic hydroxyl groups excluding tert-OH is 1. The molecule has 0 aliphatic carbocycles. The van der Waals surface area contributed by atoms with Crippen LogP contribution in [0.3, 0.4) is 0 Å². The van der Waals surface area contributed by atoms with E-state index in [1.165, 1.54) is 0 Å². The zero-order chi connectivity index (χ0) is 13.0. The molecule has 98 valence electrons. The maximum Gasteiger partial charge on any atom is 0.132 e. The van der Waals surface area contributed by atoms with Gasteiger partial charge in [0.25, 0.3) is 0 Å². The topological polar surface area (TPSA) is 58.5 Å². The Balaban J connectivity index is 1.76. The lowest BCUT2D eigenvalue weighted by molar-refractivity contribution is 0.128. The van der Waals surface area contributed by atoms with Gasteiger partial charge >= 0.3 is 0 Å². The summed E-state index contributed by atoms with van der Waals surface area (Å²) in [5.41, 5.74) is 0. The van der Waals surface area contributed by atoms with Crippen LogP contribution in [0.4, 0.5) is 0 Å². The minimum Gasteiger partial charge on any atom is -0.467 e. The van der Waals surface area contributed by atoms with Gasteiger partial charge in [0.15, 0.2) is 0 Å². The van der Waals surface area contributed by atoms with Gasteiger partial charge < -0.3 is 19.3 Å². The number of aryl methyl sites for hydroxylation is 1. The van der Waals surface area contributed by atoms with Crippen molar-refractivity contribution in [1.82, 2.24) is 5.32 Å². The summed E-state index contributed by atoms with van der Waals surface area (Å²) >= 11 is 0. The highest BCUT2D eigenvalue weighted by Gasteiger charge is 2.14. The van der Waals surface area contributed by atoms with E-state index < -0.39 is 6.10 Å². The summed E-state index contributed by atoms with van der Waals surface area (Å²) in [7, 11) is 0. The molecule has 0 saturated heterocycles. The van der Waals surface area contributed by atoms with Gasteiger partial charge in [-0.25, -0.2) is 0 Å². The Hall–Kier alpha value is -1.52. The van der Waals surface area contributed by atoms with Crippen LogP contribution in [-0.4, -0.2) is 11.1 Å². The quantitative estimate of drug-likeness (QED) is 0.826. The van der Waals surface area contributed by atoms with Crippen LogP contribution >= 0.6 is 0 Å². The van der Waals surface area contributed by atoms with E-state index in [9.17, 15) is 5.11 Å². The van der Waals surface area contributed by atoms with E-state index >= 15 is 0 Å². The molecular formula is C14H19NO3. The molecule has 4 heteroatoms. The third kappa shape index (κ3) is 3.48. The van der Waals surface area contributed by atoms with Crippen LogP contribution in [0, 0.1) is 6.92 Å². The molecule has 4 nitrogen and oxygen atoms in total. The summed E-state index contributed by atoms with van der Waals surface area (Å²) in [5.74, 6) is 2.43. The molecule has 0 bridgehead atoms. The molecule has 2 rings (SSSR count). The van der Waals surface area contributed by atoms with Crippen LogP contribution < -0.4 is 5.32 Å². The van der Waals surface area contributed by atoms with Gasteiger partial charge in [-0.3, -0.25) is 0 Å². The number of nitrogens with one attached hydrogen (secondary N) is 1.